The van der Waals surface area contributed by atoms with Crippen molar-refractivity contribution in [2.24, 2.45) is 0 Å². The van der Waals surface area contributed by atoms with Crippen LogP contribution in [0.4, 0.5) is 5.69 Å². The van der Waals surface area contributed by atoms with E-state index in [-0.39, 0.29) is 18.5 Å². The maximum Gasteiger partial charge on any atom is 0.241 e. The Kier molecular flexibility index (Phi) is 7.76. The highest BCUT2D eigenvalue weighted by molar-refractivity contribution is 7.92. The third-order valence-corrected chi connectivity index (χ3v) is 6.60. The van der Waals surface area contributed by atoms with Crippen molar-refractivity contribution >= 4 is 21.6 Å². The molecule has 7 heteroatoms. The number of amides is 1. The van der Waals surface area contributed by atoms with E-state index in [9.17, 15) is 13.2 Å². The van der Waals surface area contributed by atoms with Crippen LogP contribution < -0.4 is 14.4 Å². The first-order chi connectivity index (χ1) is 15.7. The lowest BCUT2D eigenvalue weighted by molar-refractivity contribution is -0.120. The molecule has 6 nitrogen and oxygen atoms in total. The molecule has 0 bridgehead atoms. The summed E-state index contributed by atoms with van der Waals surface area (Å²) in [6, 6.07) is 21.7. The highest BCUT2D eigenvalue weighted by Gasteiger charge is 2.25. The van der Waals surface area contributed by atoms with Gasteiger partial charge in [0.1, 0.15) is 12.3 Å². The fourth-order valence-electron chi connectivity index (χ4n) is 3.52. The molecule has 1 N–H and O–H groups in total. The molecule has 0 fully saturated rings. The van der Waals surface area contributed by atoms with Gasteiger partial charge in [0, 0.05) is 0 Å². The molecule has 0 saturated heterocycles. The van der Waals surface area contributed by atoms with Crippen LogP contribution in [0.3, 0.4) is 0 Å². The average Bonchev–Trinajstić information content (AvgIpc) is 2.78. The molecule has 0 saturated carbocycles. The standard InChI is InChI=1S/C26H30N2O4S/c1-5-23(21-16-15-19(2)20(3)17-21)27-26(29)18-28(33(4,30)31)24-13-9-10-14-25(24)32-22-11-7-6-8-12-22/h6-17,23H,5,18H2,1-4H3,(H,27,29). The molecule has 3 aromatic rings. The largest absolute Gasteiger partial charge is 0.455 e. The quantitative estimate of drug-likeness (QED) is 0.474. The Hall–Kier alpha value is -3.32. The van der Waals surface area contributed by atoms with Crippen LogP contribution >= 0.6 is 0 Å². The van der Waals surface area contributed by atoms with E-state index in [0.29, 0.717) is 23.6 Å². The Labute approximate surface area is 196 Å². The van der Waals surface area contributed by atoms with Gasteiger partial charge >= 0.3 is 0 Å². The lowest BCUT2D eigenvalue weighted by atomic mass is 9.99. The summed E-state index contributed by atoms with van der Waals surface area (Å²) in [6.45, 7) is 5.70. The number of hydrogen-bond acceptors (Lipinski definition) is 4. The van der Waals surface area contributed by atoms with Gasteiger partial charge in [0.15, 0.2) is 5.75 Å². The predicted molar refractivity (Wildman–Crippen MR) is 132 cm³/mol. The highest BCUT2D eigenvalue weighted by Crippen LogP contribution is 2.33. The summed E-state index contributed by atoms with van der Waals surface area (Å²) >= 11 is 0. The number of nitrogens with zero attached hydrogens (tertiary/aromatic N) is 1. The van der Waals surface area contributed by atoms with Gasteiger partial charge < -0.3 is 10.1 Å². The molecular weight excluding hydrogens is 436 g/mol. The molecule has 174 valence electrons. The topological polar surface area (TPSA) is 75.7 Å². The number of nitrogens with one attached hydrogen (secondary N) is 1. The van der Waals surface area contributed by atoms with Gasteiger partial charge in [-0.2, -0.15) is 0 Å². The van der Waals surface area contributed by atoms with Crippen LogP contribution in [-0.4, -0.2) is 27.1 Å². The zero-order valence-electron chi connectivity index (χ0n) is 19.4. The first-order valence-corrected chi connectivity index (χ1v) is 12.7. The van der Waals surface area contributed by atoms with Crippen molar-refractivity contribution in [3.63, 3.8) is 0 Å². The molecule has 0 aliphatic rings. The molecule has 0 heterocycles. The summed E-state index contributed by atoms with van der Waals surface area (Å²) in [4.78, 5) is 13.0. The predicted octanol–water partition coefficient (Wildman–Crippen LogP) is 5.13. The number of rotatable bonds is 9. The smallest absolute Gasteiger partial charge is 0.241 e. The summed E-state index contributed by atoms with van der Waals surface area (Å²) < 4.78 is 32.3. The molecule has 0 aromatic heterocycles. The van der Waals surface area contributed by atoms with Gasteiger partial charge in [-0.1, -0.05) is 55.5 Å². The molecule has 0 radical (unpaired) electrons. The van der Waals surface area contributed by atoms with Gasteiger partial charge in [0.2, 0.25) is 15.9 Å². The van der Waals surface area contributed by atoms with E-state index in [4.69, 9.17) is 4.74 Å². The SMILES string of the molecule is CCC(NC(=O)CN(c1ccccc1Oc1ccccc1)S(C)(=O)=O)c1ccc(C)c(C)c1. The normalized spacial score (nSPS) is 12.1. The van der Waals surface area contributed by atoms with Gasteiger partial charge in [-0.25, -0.2) is 8.42 Å². The van der Waals surface area contributed by atoms with Gasteiger partial charge in [-0.05, 0) is 61.2 Å². The van der Waals surface area contributed by atoms with Crippen molar-refractivity contribution in [2.75, 3.05) is 17.1 Å². The summed E-state index contributed by atoms with van der Waals surface area (Å²) in [5.41, 5.74) is 3.62. The van der Waals surface area contributed by atoms with E-state index in [1.165, 1.54) is 5.56 Å². The summed E-state index contributed by atoms with van der Waals surface area (Å²) in [5, 5.41) is 2.99. The van der Waals surface area contributed by atoms with Gasteiger partial charge in [0.05, 0.1) is 18.0 Å². The second-order valence-electron chi connectivity index (χ2n) is 8.02. The molecule has 33 heavy (non-hydrogen) atoms. The van der Waals surface area contributed by atoms with Crippen LogP contribution in [0.25, 0.3) is 0 Å². The Morgan fingerprint density at radius 3 is 2.27 bits per heavy atom. The first-order valence-electron chi connectivity index (χ1n) is 10.8. The minimum atomic E-state index is -3.75. The fraction of sp³-hybridized carbons (Fsp3) is 0.269. The number of para-hydroxylation sites is 3. The molecule has 0 aliphatic heterocycles. The van der Waals surface area contributed by atoms with E-state index >= 15 is 0 Å². The van der Waals surface area contributed by atoms with E-state index in [0.717, 1.165) is 21.7 Å². The Bertz CT molecular complexity index is 1210. The van der Waals surface area contributed by atoms with E-state index in [1.54, 1.807) is 36.4 Å². The third kappa shape index (κ3) is 6.35. The van der Waals surface area contributed by atoms with Gasteiger partial charge in [0.25, 0.3) is 0 Å². The third-order valence-electron chi connectivity index (χ3n) is 5.47. The molecule has 0 spiro atoms. The monoisotopic (exact) mass is 466 g/mol. The molecule has 3 aromatic carbocycles. The second-order valence-corrected chi connectivity index (χ2v) is 9.93. The molecular formula is C26H30N2O4S. The number of ether oxygens (including phenoxy) is 1. The summed E-state index contributed by atoms with van der Waals surface area (Å²) in [7, 11) is -3.75. The number of aryl methyl sites for hydroxylation is 2. The Balaban J connectivity index is 1.84. The van der Waals surface area contributed by atoms with E-state index < -0.39 is 10.0 Å². The zero-order valence-corrected chi connectivity index (χ0v) is 20.2. The molecule has 0 aliphatic carbocycles. The minimum absolute atomic E-state index is 0.214. The maximum atomic E-state index is 13.0. The fourth-order valence-corrected chi connectivity index (χ4v) is 4.38. The van der Waals surface area contributed by atoms with Crippen LogP contribution in [0.15, 0.2) is 72.8 Å². The second kappa shape index (κ2) is 10.5. The van der Waals surface area contributed by atoms with Crippen LogP contribution in [0.1, 0.15) is 36.1 Å². The zero-order chi connectivity index (χ0) is 24.0. The summed E-state index contributed by atoms with van der Waals surface area (Å²) in [6.07, 6.45) is 1.76. The van der Waals surface area contributed by atoms with Crippen molar-refractivity contribution in [1.82, 2.24) is 5.32 Å². The van der Waals surface area contributed by atoms with Gasteiger partial charge in [-0.3, -0.25) is 9.10 Å². The Morgan fingerprint density at radius 2 is 1.64 bits per heavy atom. The number of anilines is 1. The maximum absolute atomic E-state index is 13.0. The van der Waals surface area contributed by atoms with Gasteiger partial charge in [-0.15, -0.1) is 0 Å². The highest BCUT2D eigenvalue weighted by atomic mass is 32.2. The average molecular weight is 467 g/mol. The van der Waals surface area contributed by atoms with Crippen LogP contribution in [0.2, 0.25) is 0 Å². The lowest BCUT2D eigenvalue weighted by Crippen LogP contribution is -2.41. The molecule has 1 amide bonds. The number of sulfonamides is 1. The van der Waals surface area contributed by atoms with Crippen molar-refractivity contribution in [3.05, 3.63) is 89.5 Å². The van der Waals surface area contributed by atoms with Crippen LogP contribution in [0.5, 0.6) is 11.5 Å². The Morgan fingerprint density at radius 1 is 0.970 bits per heavy atom. The number of carbonyl (C=O) groups excluding carboxylic acids is 1. The lowest BCUT2D eigenvalue weighted by Gasteiger charge is -2.26. The van der Waals surface area contributed by atoms with Crippen molar-refractivity contribution < 1.29 is 17.9 Å². The van der Waals surface area contributed by atoms with Crippen molar-refractivity contribution in [3.8, 4) is 11.5 Å². The molecule has 1 atom stereocenters. The summed E-state index contributed by atoms with van der Waals surface area (Å²) in [5.74, 6) is 0.534. The number of benzene rings is 3. The van der Waals surface area contributed by atoms with Crippen LogP contribution in [0, 0.1) is 13.8 Å². The molecule has 1 unspecified atom stereocenters. The van der Waals surface area contributed by atoms with Crippen molar-refractivity contribution in [1.29, 1.82) is 0 Å². The minimum Gasteiger partial charge on any atom is -0.455 e. The van der Waals surface area contributed by atoms with Crippen LogP contribution in [-0.2, 0) is 14.8 Å². The van der Waals surface area contributed by atoms with E-state index in [1.807, 2.05) is 51.1 Å². The van der Waals surface area contributed by atoms with Crippen molar-refractivity contribution in [2.45, 2.75) is 33.2 Å². The number of carbonyl (C=O) groups is 1. The molecule has 3 rings (SSSR count). The van der Waals surface area contributed by atoms with E-state index in [2.05, 4.69) is 11.4 Å². The number of hydrogen-bond donors (Lipinski definition) is 1. The first kappa shape index (κ1) is 24.3.